The number of likely N-dealkylation sites (tertiary alicyclic amines) is 1. The highest BCUT2D eigenvalue weighted by Crippen LogP contribution is 2.26. The zero-order valence-electron chi connectivity index (χ0n) is 16.7. The Balaban J connectivity index is 1.39. The summed E-state index contributed by atoms with van der Waals surface area (Å²) in [5.74, 6) is 1.13. The summed E-state index contributed by atoms with van der Waals surface area (Å²) in [6, 6.07) is 12.4. The molecule has 0 aliphatic carbocycles. The normalized spacial score (nSPS) is 14.4. The zero-order valence-corrected chi connectivity index (χ0v) is 16.7. The maximum atomic E-state index is 12.6. The summed E-state index contributed by atoms with van der Waals surface area (Å²) in [6.45, 7) is 1.26. The molecule has 154 valence electrons. The highest BCUT2D eigenvalue weighted by atomic mass is 16.5. The first-order chi connectivity index (χ1) is 14.7. The van der Waals surface area contributed by atoms with Gasteiger partial charge in [0.1, 0.15) is 11.6 Å². The number of ether oxygens (including phenoxy) is 1. The molecule has 1 aliphatic rings. The maximum absolute atomic E-state index is 12.6. The molecule has 0 atom stereocenters. The molecular formula is C22H23N5O3. The average molecular weight is 405 g/mol. The van der Waals surface area contributed by atoms with E-state index in [1.54, 1.807) is 68.2 Å². The monoisotopic (exact) mass is 405 g/mol. The Bertz CT molecular complexity index is 1010. The lowest BCUT2D eigenvalue weighted by Crippen LogP contribution is -2.39. The topological polar surface area (TPSA) is 89.4 Å². The molecule has 0 unspecified atom stereocenters. The Morgan fingerprint density at radius 1 is 1.03 bits per heavy atom. The van der Waals surface area contributed by atoms with Crippen molar-refractivity contribution in [3.05, 3.63) is 72.2 Å². The molecule has 2 amide bonds. The fourth-order valence-corrected chi connectivity index (χ4v) is 3.62. The van der Waals surface area contributed by atoms with E-state index in [0.717, 1.165) is 12.8 Å². The molecule has 0 bridgehead atoms. The molecule has 0 spiro atoms. The average Bonchev–Trinajstić information content (AvgIpc) is 3.27. The first kappa shape index (κ1) is 19.6. The number of rotatable bonds is 5. The highest BCUT2D eigenvalue weighted by molar-refractivity contribution is 6.03. The standard InChI is InChI=1S/C22H23N5O3/c1-30-19-6-4-16(5-7-19)21(28)25-20-8-12-24-27(20)18-9-13-26(14-10-18)22(29)17-3-2-11-23-15-17/h2-8,11-12,15,18H,9-10,13-14H2,1H3,(H,25,28). The van der Waals surface area contributed by atoms with Crippen LogP contribution in [0.5, 0.6) is 5.75 Å². The molecule has 8 heteroatoms. The molecule has 30 heavy (non-hydrogen) atoms. The third-order valence-electron chi connectivity index (χ3n) is 5.27. The number of carbonyl (C=O) groups excluding carboxylic acids is 2. The number of piperidine rings is 1. The van der Waals surface area contributed by atoms with Crippen LogP contribution >= 0.6 is 0 Å². The van der Waals surface area contributed by atoms with Crippen LogP contribution < -0.4 is 10.1 Å². The molecule has 0 radical (unpaired) electrons. The first-order valence-corrected chi connectivity index (χ1v) is 9.84. The van der Waals surface area contributed by atoms with Crippen LogP contribution in [0.25, 0.3) is 0 Å². The molecule has 1 fully saturated rings. The minimum absolute atomic E-state index is 0.00459. The lowest BCUT2D eigenvalue weighted by atomic mass is 10.0. The van der Waals surface area contributed by atoms with Gasteiger partial charge in [0.15, 0.2) is 0 Å². The van der Waals surface area contributed by atoms with E-state index in [1.807, 2.05) is 9.58 Å². The Labute approximate surface area is 174 Å². The summed E-state index contributed by atoms with van der Waals surface area (Å²) >= 11 is 0. The van der Waals surface area contributed by atoms with Gasteiger partial charge in [-0.25, -0.2) is 4.68 Å². The largest absolute Gasteiger partial charge is 0.497 e. The van der Waals surface area contributed by atoms with Crippen molar-refractivity contribution < 1.29 is 14.3 Å². The highest BCUT2D eigenvalue weighted by Gasteiger charge is 2.26. The maximum Gasteiger partial charge on any atom is 0.256 e. The van der Waals surface area contributed by atoms with Crippen molar-refractivity contribution in [3.63, 3.8) is 0 Å². The number of hydrogen-bond donors (Lipinski definition) is 1. The minimum atomic E-state index is -0.205. The fourth-order valence-electron chi connectivity index (χ4n) is 3.62. The number of carbonyl (C=O) groups is 2. The van der Waals surface area contributed by atoms with Crippen molar-refractivity contribution in [1.82, 2.24) is 19.7 Å². The molecule has 3 aromatic rings. The second-order valence-corrected chi connectivity index (χ2v) is 7.11. The summed E-state index contributed by atoms with van der Waals surface area (Å²) in [4.78, 5) is 31.1. The Morgan fingerprint density at radius 3 is 2.47 bits per heavy atom. The van der Waals surface area contributed by atoms with Gasteiger partial charge >= 0.3 is 0 Å². The summed E-state index contributed by atoms with van der Waals surface area (Å²) in [7, 11) is 1.59. The van der Waals surface area contributed by atoms with Gasteiger partial charge in [-0.2, -0.15) is 5.10 Å². The van der Waals surface area contributed by atoms with E-state index in [-0.39, 0.29) is 17.9 Å². The summed E-state index contributed by atoms with van der Waals surface area (Å²) < 4.78 is 6.97. The van der Waals surface area contributed by atoms with Crippen molar-refractivity contribution in [1.29, 1.82) is 0 Å². The van der Waals surface area contributed by atoms with Crippen molar-refractivity contribution in [3.8, 4) is 5.75 Å². The van der Waals surface area contributed by atoms with Crippen LogP contribution in [-0.2, 0) is 0 Å². The lowest BCUT2D eigenvalue weighted by molar-refractivity contribution is 0.0690. The van der Waals surface area contributed by atoms with Gasteiger partial charge in [0, 0.05) is 37.1 Å². The number of aromatic nitrogens is 3. The van der Waals surface area contributed by atoms with Crippen molar-refractivity contribution in [2.75, 3.05) is 25.5 Å². The molecule has 1 N–H and O–H groups in total. The van der Waals surface area contributed by atoms with Gasteiger partial charge in [0.05, 0.1) is 24.9 Å². The lowest BCUT2D eigenvalue weighted by Gasteiger charge is -2.32. The first-order valence-electron chi connectivity index (χ1n) is 9.84. The molecule has 0 saturated carbocycles. The number of nitrogens with one attached hydrogen (secondary N) is 1. The van der Waals surface area contributed by atoms with E-state index in [2.05, 4.69) is 15.4 Å². The predicted molar refractivity (Wildman–Crippen MR) is 112 cm³/mol. The number of methoxy groups -OCH3 is 1. The van der Waals surface area contributed by atoms with Gasteiger partial charge in [-0.1, -0.05) is 0 Å². The minimum Gasteiger partial charge on any atom is -0.497 e. The van der Waals surface area contributed by atoms with Crippen molar-refractivity contribution >= 4 is 17.6 Å². The number of pyridine rings is 1. The third kappa shape index (κ3) is 4.17. The van der Waals surface area contributed by atoms with Crippen LogP contribution in [0.15, 0.2) is 61.1 Å². The van der Waals surface area contributed by atoms with Gasteiger partial charge in [-0.15, -0.1) is 0 Å². The molecule has 4 rings (SSSR count). The summed E-state index contributed by atoms with van der Waals surface area (Å²) in [5, 5.41) is 7.34. The Kier molecular flexibility index (Phi) is 5.74. The van der Waals surface area contributed by atoms with Gasteiger partial charge in [-0.3, -0.25) is 14.6 Å². The number of hydrogen-bond acceptors (Lipinski definition) is 5. The second kappa shape index (κ2) is 8.77. The van der Waals surface area contributed by atoms with Crippen molar-refractivity contribution in [2.24, 2.45) is 0 Å². The van der Waals surface area contributed by atoms with Crippen molar-refractivity contribution in [2.45, 2.75) is 18.9 Å². The van der Waals surface area contributed by atoms with E-state index in [0.29, 0.717) is 35.8 Å². The van der Waals surface area contributed by atoms with E-state index in [9.17, 15) is 9.59 Å². The molecule has 1 saturated heterocycles. The molecule has 1 aromatic carbocycles. The molecule has 2 aromatic heterocycles. The predicted octanol–water partition coefficient (Wildman–Crippen LogP) is 3.02. The summed E-state index contributed by atoms with van der Waals surface area (Å²) in [5.41, 5.74) is 1.14. The molecule has 1 aliphatic heterocycles. The number of amides is 2. The van der Waals surface area contributed by atoms with Crippen LogP contribution in [-0.4, -0.2) is 51.7 Å². The Morgan fingerprint density at radius 2 is 1.80 bits per heavy atom. The molecular weight excluding hydrogens is 382 g/mol. The van der Waals surface area contributed by atoms with Crippen LogP contribution in [0.1, 0.15) is 39.6 Å². The number of nitrogens with zero attached hydrogens (tertiary/aromatic N) is 4. The van der Waals surface area contributed by atoms with Crippen LogP contribution in [0.2, 0.25) is 0 Å². The van der Waals surface area contributed by atoms with Gasteiger partial charge < -0.3 is 15.0 Å². The third-order valence-corrected chi connectivity index (χ3v) is 5.27. The molecule has 8 nitrogen and oxygen atoms in total. The quantitative estimate of drug-likeness (QED) is 0.705. The van der Waals surface area contributed by atoms with E-state index >= 15 is 0 Å². The number of benzene rings is 1. The van der Waals surface area contributed by atoms with Crippen LogP contribution in [0, 0.1) is 0 Å². The van der Waals surface area contributed by atoms with E-state index in [1.165, 1.54) is 0 Å². The van der Waals surface area contributed by atoms with Crippen LogP contribution in [0.3, 0.4) is 0 Å². The fraction of sp³-hybridized carbons (Fsp3) is 0.273. The Hall–Kier alpha value is -3.68. The van der Waals surface area contributed by atoms with Gasteiger partial charge in [0.2, 0.25) is 0 Å². The van der Waals surface area contributed by atoms with E-state index in [4.69, 9.17) is 4.74 Å². The SMILES string of the molecule is COc1ccc(C(=O)Nc2ccnn2C2CCN(C(=O)c3cccnc3)CC2)cc1. The molecule has 3 heterocycles. The van der Waals surface area contributed by atoms with Crippen LogP contribution in [0.4, 0.5) is 5.82 Å². The second-order valence-electron chi connectivity index (χ2n) is 7.11. The van der Waals surface area contributed by atoms with E-state index < -0.39 is 0 Å². The smallest absolute Gasteiger partial charge is 0.256 e. The van der Waals surface area contributed by atoms with Gasteiger partial charge in [0.25, 0.3) is 11.8 Å². The van der Waals surface area contributed by atoms with Gasteiger partial charge in [-0.05, 0) is 49.2 Å². The zero-order chi connectivity index (χ0) is 20.9. The number of anilines is 1. The summed E-state index contributed by atoms with van der Waals surface area (Å²) in [6.07, 6.45) is 6.45.